The van der Waals surface area contributed by atoms with Gasteiger partial charge in [0.15, 0.2) is 0 Å². The van der Waals surface area contributed by atoms with Crippen molar-refractivity contribution in [3.05, 3.63) is 35.4 Å². The van der Waals surface area contributed by atoms with Crippen LogP contribution >= 0.6 is 12.2 Å². The summed E-state index contributed by atoms with van der Waals surface area (Å²) < 4.78 is 0. The SMILES string of the molecule is CC(C)c1ccc([C]=S)cc1. The van der Waals surface area contributed by atoms with Gasteiger partial charge in [0, 0.05) is 0 Å². The smallest absolute Gasteiger partial charge is 0.0636 e. The fraction of sp³-hybridized carbons (Fsp3) is 0.300. The second kappa shape index (κ2) is 3.63. The first-order chi connectivity index (χ1) is 5.24. The third kappa shape index (κ3) is 2.12. The second-order valence-corrected chi connectivity index (χ2v) is 3.08. The van der Waals surface area contributed by atoms with Crippen LogP contribution in [0.3, 0.4) is 0 Å². The molecule has 0 bridgehead atoms. The van der Waals surface area contributed by atoms with Gasteiger partial charge in [-0.25, -0.2) is 0 Å². The monoisotopic (exact) mass is 163 g/mol. The second-order valence-electron chi connectivity index (χ2n) is 2.88. The topological polar surface area (TPSA) is 0 Å². The minimum Gasteiger partial charge on any atom is -0.0778 e. The lowest BCUT2D eigenvalue weighted by molar-refractivity contribution is 0.867. The first kappa shape index (κ1) is 8.41. The maximum atomic E-state index is 4.68. The molecule has 0 amide bonds. The highest BCUT2D eigenvalue weighted by atomic mass is 32.1. The first-order valence-electron chi connectivity index (χ1n) is 3.72. The zero-order valence-electron chi connectivity index (χ0n) is 6.79. The molecule has 0 spiro atoms. The molecule has 1 aromatic rings. The van der Waals surface area contributed by atoms with Gasteiger partial charge in [-0.1, -0.05) is 50.3 Å². The predicted octanol–water partition coefficient (Wildman–Crippen LogP) is 3.03. The molecule has 0 aliphatic heterocycles. The van der Waals surface area contributed by atoms with Crippen LogP contribution in [0.1, 0.15) is 30.9 Å². The number of thiocarbonyl (C=S) groups is 1. The maximum absolute atomic E-state index is 4.68. The molecule has 1 radical (unpaired) electrons. The van der Waals surface area contributed by atoms with E-state index in [2.05, 4.69) is 43.6 Å². The molecule has 0 N–H and O–H groups in total. The van der Waals surface area contributed by atoms with Gasteiger partial charge >= 0.3 is 0 Å². The predicted molar refractivity (Wildman–Crippen MR) is 52.2 cm³/mol. The van der Waals surface area contributed by atoms with E-state index in [1.165, 1.54) is 5.56 Å². The summed E-state index contributed by atoms with van der Waals surface area (Å²) in [6.45, 7) is 4.35. The molecule has 0 unspecified atom stereocenters. The Morgan fingerprint density at radius 3 is 2.09 bits per heavy atom. The van der Waals surface area contributed by atoms with Crippen molar-refractivity contribution in [2.24, 2.45) is 0 Å². The van der Waals surface area contributed by atoms with Crippen LogP contribution in [0.2, 0.25) is 0 Å². The average molecular weight is 163 g/mol. The molecule has 0 aromatic heterocycles. The van der Waals surface area contributed by atoms with Gasteiger partial charge < -0.3 is 0 Å². The van der Waals surface area contributed by atoms with Crippen molar-refractivity contribution in [3.8, 4) is 0 Å². The molecule has 1 heteroatoms. The molecule has 1 rings (SSSR count). The van der Waals surface area contributed by atoms with E-state index in [1.807, 2.05) is 12.1 Å². The largest absolute Gasteiger partial charge is 0.0778 e. The normalized spacial score (nSPS) is 10.1. The van der Waals surface area contributed by atoms with Crippen LogP contribution in [0.5, 0.6) is 0 Å². The zero-order valence-corrected chi connectivity index (χ0v) is 7.61. The summed E-state index contributed by atoms with van der Waals surface area (Å²) in [7, 11) is 0. The summed E-state index contributed by atoms with van der Waals surface area (Å²) in [6, 6.07) is 8.20. The van der Waals surface area contributed by atoms with Gasteiger partial charge in [-0.3, -0.25) is 0 Å². The Labute approximate surface area is 73.2 Å². The molecule has 0 atom stereocenters. The highest BCUT2D eigenvalue weighted by Gasteiger charge is 1.96. The third-order valence-corrected chi connectivity index (χ3v) is 1.93. The lowest BCUT2D eigenvalue weighted by atomic mass is 10.0. The molecular formula is C10H11S. The Kier molecular flexibility index (Phi) is 2.77. The Morgan fingerprint density at radius 2 is 1.73 bits per heavy atom. The molecule has 0 saturated heterocycles. The quantitative estimate of drug-likeness (QED) is 0.604. The van der Waals surface area contributed by atoms with E-state index >= 15 is 0 Å². The third-order valence-electron chi connectivity index (χ3n) is 1.70. The summed E-state index contributed by atoms with van der Waals surface area (Å²) in [5.74, 6) is 0.592. The van der Waals surface area contributed by atoms with E-state index in [0.29, 0.717) is 5.92 Å². The van der Waals surface area contributed by atoms with E-state index in [0.717, 1.165) is 5.56 Å². The van der Waals surface area contributed by atoms with Crippen molar-refractivity contribution in [2.75, 3.05) is 0 Å². The van der Waals surface area contributed by atoms with Crippen molar-refractivity contribution in [3.63, 3.8) is 0 Å². The van der Waals surface area contributed by atoms with Crippen molar-refractivity contribution in [1.82, 2.24) is 0 Å². The number of hydrogen-bond donors (Lipinski definition) is 0. The van der Waals surface area contributed by atoms with Crippen molar-refractivity contribution < 1.29 is 0 Å². The molecule has 0 aliphatic rings. The Morgan fingerprint density at radius 1 is 1.18 bits per heavy atom. The molecule has 0 aliphatic carbocycles. The van der Waals surface area contributed by atoms with Gasteiger partial charge in [0.05, 0.1) is 5.37 Å². The lowest BCUT2D eigenvalue weighted by Gasteiger charge is -2.03. The van der Waals surface area contributed by atoms with Gasteiger partial charge in [0.1, 0.15) is 0 Å². The van der Waals surface area contributed by atoms with Crippen molar-refractivity contribution in [2.45, 2.75) is 19.8 Å². The van der Waals surface area contributed by atoms with E-state index in [4.69, 9.17) is 0 Å². The summed E-state index contributed by atoms with van der Waals surface area (Å²) in [5.41, 5.74) is 2.34. The fourth-order valence-electron chi connectivity index (χ4n) is 0.936. The number of benzene rings is 1. The Balaban J connectivity index is 2.91. The van der Waals surface area contributed by atoms with Crippen molar-refractivity contribution in [1.29, 1.82) is 0 Å². The van der Waals surface area contributed by atoms with E-state index in [-0.39, 0.29) is 0 Å². The molecule has 0 saturated carbocycles. The lowest BCUT2D eigenvalue weighted by Crippen LogP contribution is -1.86. The molecule has 0 nitrogen and oxygen atoms in total. The minimum absolute atomic E-state index is 0.592. The molecule has 0 heterocycles. The summed E-state index contributed by atoms with van der Waals surface area (Å²) in [6.07, 6.45) is 0. The summed E-state index contributed by atoms with van der Waals surface area (Å²) in [4.78, 5) is 0. The van der Waals surface area contributed by atoms with Crippen LogP contribution in [0.15, 0.2) is 24.3 Å². The average Bonchev–Trinajstić information content (AvgIpc) is 2.05. The standard InChI is InChI=1S/C10H11S/c1-8(2)10-5-3-9(7-11)4-6-10/h3-6,8H,1-2H3. The van der Waals surface area contributed by atoms with Gasteiger partial charge in [-0.05, 0) is 17.0 Å². The van der Waals surface area contributed by atoms with Crippen molar-refractivity contribution >= 4 is 17.6 Å². The van der Waals surface area contributed by atoms with Crippen LogP contribution in [0, 0.1) is 0 Å². The number of rotatable bonds is 2. The maximum Gasteiger partial charge on any atom is 0.0636 e. The van der Waals surface area contributed by atoms with Crippen LogP contribution in [0.4, 0.5) is 0 Å². The highest BCUT2D eigenvalue weighted by Crippen LogP contribution is 2.13. The van der Waals surface area contributed by atoms with Crippen LogP contribution in [-0.4, -0.2) is 5.37 Å². The summed E-state index contributed by atoms with van der Waals surface area (Å²) >= 11 is 4.68. The van der Waals surface area contributed by atoms with Crippen LogP contribution in [-0.2, 0) is 0 Å². The molecular weight excluding hydrogens is 152 g/mol. The Bertz CT molecular complexity index is 234. The molecule has 57 valence electrons. The molecule has 11 heavy (non-hydrogen) atoms. The molecule has 1 aromatic carbocycles. The highest BCUT2D eigenvalue weighted by molar-refractivity contribution is 7.79. The van der Waals surface area contributed by atoms with Gasteiger partial charge in [-0.15, -0.1) is 0 Å². The van der Waals surface area contributed by atoms with Crippen LogP contribution in [0.25, 0.3) is 0 Å². The first-order valence-corrected chi connectivity index (χ1v) is 4.13. The fourth-order valence-corrected chi connectivity index (χ4v) is 1.07. The van der Waals surface area contributed by atoms with Gasteiger partial charge in [-0.2, -0.15) is 0 Å². The van der Waals surface area contributed by atoms with Gasteiger partial charge in [0.2, 0.25) is 0 Å². The van der Waals surface area contributed by atoms with Crippen LogP contribution < -0.4 is 0 Å². The van der Waals surface area contributed by atoms with E-state index < -0.39 is 0 Å². The summed E-state index contributed by atoms with van der Waals surface area (Å²) in [5, 5.41) is 2.68. The van der Waals surface area contributed by atoms with E-state index in [1.54, 1.807) is 0 Å². The molecule has 0 fully saturated rings. The van der Waals surface area contributed by atoms with Gasteiger partial charge in [0.25, 0.3) is 0 Å². The van der Waals surface area contributed by atoms with E-state index in [9.17, 15) is 0 Å². The number of hydrogen-bond acceptors (Lipinski definition) is 1. The zero-order chi connectivity index (χ0) is 8.27. The Hall–Kier alpha value is -0.690. The minimum atomic E-state index is 0.592.